The number of halogens is 2. The molecule has 0 fully saturated rings. The van der Waals surface area contributed by atoms with Gasteiger partial charge in [-0.3, -0.25) is 4.90 Å². The summed E-state index contributed by atoms with van der Waals surface area (Å²) < 4.78 is 26.8. The molecule has 21 heavy (non-hydrogen) atoms. The molecular weight excluding hydrogens is 270 g/mol. The van der Waals surface area contributed by atoms with Crippen LogP contribution in [0.25, 0.3) is 0 Å². The van der Waals surface area contributed by atoms with Crippen molar-refractivity contribution in [3.8, 4) is 0 Å². The predicted molar refractivity (Wildman–Crippen MR) is 84.4 cm³/mol. The Morgan fingerprint density at radius 1 is 1.10 bits per heavy atom. The van der Waals surface area contributed by atoms with Crippen molar-refractivity contribution in [1.82, 2.24) is 10.2 Å². The summed E-state index contributed by atoms with van der Waals surface area (Å²) in [7, 11) is 0. The van der Waals surface area contributed by atoms with E-state index in [1.807, 2.05) is 0 Å². The molecule has 4 heteroatoms. The van der Waals surface area contributed by atoms with Crippen molar-refractivity contribution in [3.63, 3.8) is 0 Å². The standard InChI is InChI=1S/C17H28F2N2/c1-6-11-20-16(17(4,5)21(7-2)8-3)13-9-10-14(18)15(19)12-13/h9-10,12,16,20H,6-8,11H2,1-5H3. The lowest BCUT2D eigenvalue weighted by molar-refractivity contribution is 0.0910. The number of nitrogens with zero attached hydrogens (tertiary/aromatic N) is 1. The molecule has 0 saturated carbocycles. The van der Waals surface area contributed by atoms with Crippen molar-refractivity contribution < 1.29 is 8.78 Å². The molecule has 1 aromatic carbocycles. The van der Waals surface area contributed by atoms with Crippen LogP contribution in [0.4, 0.5) is 8.78 Å². The van der Waals surface area contributed by atoms with Crippen LogP contribution in [-0.2, 0) is 0 Å². The highest BCUT2D eigenvalue weighted by Gasteiger charge is 2.35. The molecule has 120 valence electrons. The summed E-state index contributed by atoms with van der Waals surface area (Å²) in [6, 6.07) is 4.15. The average Bonchev–Trinajstić information content (AvgIpc) is 2.43. The molecule has 0 bridgehead atoms. The van der Waals surface area contributed by atoms with Gasteiger partial charge in [0.1, 0.15) is 0 Å². The average molecular weight is 298 g/mol. The first kappa shape index (κ1) is 18.1. The first-order chi connectivity index (χ1) is 9.88. The molecule has 0 aliphatic rings. The van der Waals surface area contributed by atoms with E-state index in [2.05, 4.69) is 44.8 Å². The Balaban J connectivity index is 3.17. The maximum Gasteiger partial charge on any atom is 0.159 e. The van der Waals surface area contributed by atoms with Gasteiger partial charge in [-0.2, -0.15) is 0 Å². The molecule has 1 N–H and O–H groups in total. The number of hydrogen-bond donors (Lipinski definition) is 1. The van der Waals surface area contributed by atoms with Gasteiger partial charge in [-0.05, 0) is 57.6 Å². The Morgan fingerprint density at radius 2 is 1.71 bits per heavy atom. The first-order valence-electron chi connectivity index (χ1n) is 7.81. The van der Waals surface area contributed by atoms with E-state index in [4.69, 9.17) is 0 Å². The SMILES string of the molecule is CCCNC(c1ccc(F)c(F)c1)C(C)(C)N(CC)CC. The highest BCUT2D eigenvalue weighted by atomic mass is 19.2. The van der Waals surface area contributed by atoms with E-state index in [0.717, 1.165) is 31.6 Å². The van der Waals surface area contributed by atoms with Crippen LogP contribution in [0.15, 0.2) is 18.2 Å². The number of hydrogen-bond acceptors (Lipinski definition) is 2. The Kier molecular flexibility index (Phi) is 6.75. The van der Waals surface area contributed by atoms with Crippen LogP contribution in [0.2, 0.25) is 0 Å². The molecule has 0 saturated heterocycles. The lowest BCUT2D eigenvalue weighted by Gasteiger charge is -2.44. The van der Waals surface area contributed by atoms with Crippen LogP contribution < -0.4 is 5.32 Å². The van der Waals surface area contributed by atoms with Gasteiger partial charge in [0.25, 0.3) is 0 Å². The Hall–Kier alpha value is -1.00. The van der Waals surface area contributed by atoms with E-state index in [0.29, 0.717) is 0 Å². The molecule has 1 unspecified atom stereocenters. The fourth-order valence-corrected chi connectivity index (χ4v) is 2.98. The van der Waals surface area contributed by atoms with E-state index < -0.39 is 11.6 Å². The summed E-state index contributed by atoms with van der Waals surface area (Å²) >= 11 is 0. The fourth-order valence-electron chi connectivity index (χ4n) is 2.98. The normalized spacial score (nSPS) is 13.7. The molecular formula is C17H28F2N2. The van der Waals surface area contributed by atoms with E-state index >= 15 is 0 Å². The van der Waals surface area contributed by atoms with E-state index in [-0.39, 0.29) is 11.6 Å². The Bertz CT molecular complexity index is 442. The van der Waals surface area contributed by atoms with Crippen LogP contribution in [0.5, 0.6) is 0 Å². The van der Waals surface area contributed by atoms with Crippen LogP contribution in [0.1, 0.15) is 52.6 Å². The van der Waals surface area contributed by atoms with E-state index in [9.17, 15) is 8.78 Å². The van der Waals surface area contributed by atoms with Gasteiger partial charge in [0.2, 0.25) is 0 Å². The first-order valence-corrected chi connectivity index (χ1v) is 7.81. The molecule has 1 rings (SSSR count). The van der Waals surface area contributed by atoms with Crippen LogP contribution in [0.3, 0.4) is 0 Å². The maximum absolute atomic E-state index is 13.6. The van der Waals surface area contributed by atoms with Gasteiger partial charge in [0.15, 0.2) is 11.6 Å². The lowest BCUT2D eigenvalue weighted by atomic mass is 9.86. The zero-order chi connectivity index (χ0) is 16.0. The summed E-state index contributed by atoms with van der Waals surface area (Å²) in [6.07, 6.45) is 0.995. The molecule has 0 aliphatic carbocycles. The summed E-state index contributed by atoms with van der Waals surface area (Å²) in [4.78, 5) is 2.33. The summed E-state index contributed by atoms with van der Waals surface area (Å²) in [6.45, 7) is 13.3. The fraction of sp³-hybridized carbons (Fsp3) is 0.647. The Labute approximate surface area is 127 Å². The molecule has 0 aliphatic heterocycles. The largest absolute Gasteiger partial charge is 0.308 e. The molecule has 0 radical (unpaired) electrons. The summed E-state index contributed by atoms with van der Waals surface area (Å²) in [5.74, 6) is -1.58. The van der Waals surface area contributed by atoms with Gasteiger partial charge in [0, 0.05) is 5.54 Å². The van der Waals surface area contributed by atoms with E-state index in [1.165, 1.54) is 12.1 Å². The van der Waals surface area contributed by atoms with Crippen LogP contribution >= 0.6 is 0 Å². The third-order valence-corrected chi connectivity index (χ3v) is 4.16. The van der Waals surface area contributed by atoms with Gasteiger partial charge in [-0.15, -0.1) is 0 Å². The number of nitrogens with one attached hydrogen (secondary N) is 1. The smallest absolute Gasteiger partial charge is 0.159 e. The van der Waals surface area contributed by atoms with Crippen molar-refractivity contribution in [2.45, 2.75) is 52.6 Å². The topological polar surface area (TPSA) is 15.3 Å². The minimum Gasteiger partial charge on any atom is -0.308 e. The van der Waals surface area contributed by atoms with Gasteiger partial charge in [-0.25, -0.2) is 8.78 Å². The summed E-state index contributed by atoms with van der Waals surface area (Å²) in [5.41, 5.74) is 0.599. The van der Waals surface area contributed by atoms with Gasteiger partial charge < -0.3 is 5.32 Å². The highest BCUT2D eigenvalue weighted by Crippen LogP contribution is 2.31. The molecule has 1 aromatic rings. The second-order valence-corrected chi connectivity index (χ2v) is 5.89. The third-order valence-electron chi connectivity index (χ3n) is 4.16. The van der Waals surface area contributed by atoms with Crippen molar-refractivity contribution in [1.29, 1.82) is 0 Å². The monoisotopic (exact) mass is 298 g/mol. The van der Waals surface area contributed by atoms with Crippen molar-refractivity contribution >= 4 is 0 Å². The van der Waals surface area contributed by atoms with Crippen molar-refractivity contribution in [2.75, 3.05) is 19.6 Å². The number of likely N-dealkylation sites (N-methyl/N-ethyl adjacent to an activating group) is 1. The number of rotatable bonds is 8. The zero-order valence-corrected chi connectivity index (χ0v) is 13.8. The lowest BCUT2D eigenvalue weighted by Crippen LogP contribution is -2.52. The molecule has 0 heterocycles. The molecule has 0 spiro atoms. The quantitative estimate of drug-likeness (QED) is 0.776. The molecule has 0 amide bonds. The van der Waals surface area contributed by atoms with Gasteiger partial charge >= 0.3 is 0 Å². The van der Waals surface area contributed by atoms with Crippen molar-refractivity contribution in [2.24, 2.45) is 0 Å². The zero-order valence-electron chi connectivity index (χ0n) is 13.8. The van der Waals surface area contributed by atoms with Crippen molar-refractivity contribution in [3.05, 3.63) is 35.4 Å². The van der Waals surface area contributed by atoms with Crippen LogP contribution in [-0.4, -0.2) is 30.1 Å². The molecule has 2 nitrogen and oxygen atoms in total. The minimum absolute atomic E-state index is 0.0487. The maximum atomic E-state index is 13.6. The Morgan fingerprint density at radius 3 is 2.19 bits per heavy atom. The van der Waals surface area contributed by atoms with Gasteiger partial charge in [0.05, 0.1) is 6.04 Å². The highest BCUT2D eigenvalue weighted by molar-refractivity contribution is 5.24. The van der Waals surface area contributed by atoms with E-state index in [1.54, 1.807) is 6.07 Å². The summed E-state index contributed by atoms with van der Waals surface area (Å²) in [5, 5.41) is 3.49. The predicted octanol–water partition coefficient (Wildman–Crippen LogP) is 4.13. The van der Waals surface area contributed by atoms with Gasteiger partial charge in [-0.1, -0.05) is 26.8 Å². The number of benzene rings is 1. The molecule has 1 atom stereocenters. The van der Waals surface area contributed by atoms with Crippen LogP contribution in [0, 0.1) is 11.6 Å². The second kappa shape index (κ2) is 7.85. The second-order valence-electron chi connectivity index (χ2n) is 5.89. The third kappa shape index (κ3) is 4.24. The minimum atomic E-state index is -0.798. The molecule has 0 aromatic heterocycles.